The monoisotopic (exact) mass is 454 g/mol. The van der Waals surface area contributed by atoms with Gasteiger partial charge in [-0.05, 0) is 108 Å². The molecule has 0 radical (unpaired) electrons. The van der Waals surface area contributed by atoms with Crippen molar-refractivity contribution in [2.24, 2.45) is 22.2 Å². The molecule has 1 fully saturated rings. The van der Waals surface area contributed by atoms with Gasteiger partial charge in [0.25, 0.3) is 0 Å². The Morgan fingerprint density at radius 3 is 2.47 bits per heavy atom. The van der Waals surface area contributed by atoms with E-state index in [0.29, 0.717) is 23.8 Å². The quantitative estimate of drug-likeness (QED) is 0.201. The Morgan fingerprint density at radius 2 is 1.79 bits per heavy atom. The van der Waals surface area contributed by atoms with Crippen molar-refractivity contribution in [3.05, 3.63) is 88.0 Å². The van der Waals surface area contributed by atoms with E-state index >= 15 is 0 Å². The maximum atomic E-state index is 6.32. The number of benzene rings is 3. The summed E-state index contributed by atoms with van der Waals surface area (Å²) < 4.78 is 6.32. The van der Waals surface area contributed by atoms with E-state index in [1.807, 2.05) is 0 Å². The van der Waals surface area contributed by atoms with Crippen LogP contribution < -0.4 is 21.8 Å². The van der Waals surface area contributed by atoms with Crippen molar-refractivity contribution in [3.63, 3.8) is 0 Å². The highest BCUT2D eigenvalue weighted by atomic mass is 16.5. The van der Waals surface area contributed by atoms with Gasteiger partial charge in [0.2, 0.25) is 0 Å². The molecule has 0 heterocycles. The number of ether oxygens (including phenoxy) is 1. The average molecular weight is 455 g/mol. The van der Waals surface area contributed by atoms with Crippen LogP contribution in [0.1, 0.15) is 58.6 Å². The van der Waals surface area contributed by atoms with Crippen LogP contribution in [0.5, 0.6) is 5.75 Å². The van der Waals surface area contributed by atoms with Crippen LogP contribution in [-0.2, 0) is 13.0 Å². The summed E-state index contributed by atoms with van der Waals surface area (Å²) in [6.07, 6.45) is 4.34. The van der Waals surface area contributed by atoms with Crippen LogP contribution in [0, 0.1) is 26.2 Å². The number of nitrogens with one attached hydrogen (secondary N) is 1. The highest BCUT2D eigenvalue weighted by Gasteiger charge is 2.54. The van der Waals surface area contributed by atoms with Crippen molar-refractivity contribution in [2.75, 3.05) is 0 Å². The van der Waals surface area contributed by atoms with Gasteiger partial charge in [0, 0.05) is 6.42 Å². The van der Waals surface area contributed by atoms with E-state index in [-0.39, 0.29) is 0 Å². The third-order valence-electron chi connectivity index (χ3n) is 7.97. The second-order valence-corrected chi connectivity index (χ2v) is 10.0. The van der Waals surface area contributed by atoms with Crippen LogP contribution in [0.25, 0.3) is 11.1 Å². The Hall–Kier alpha value is -3.31. The molecule has 2 aliphatic carbocycles. The van der Waals surface area contributed by atoms with E-state index in [1.54, 1.807) is 0 Å². The number of nitrogens with two attached hydrogens (primary N) is 2. The van der Waals surface area contributed by atoms with Gasteiger partial charge in [0.15, 0.2) is 0 Å². The standard InChI is InChI=1S/C29H34N4O/c1-18-6-4-7-19(2)28(18)24-9-5-8-21(20(24)3)17-34-23-10-11-25-22(14-23)16-29(12-13-29)26(25)15-27(32-30)33-31/h4-11,14,26H,12-13,15-17,30-31H2,1-3H3,(H,32,33). The van der Waals surface area contributed by atoms with E-state index < -0.39 is 0 Å². The van der Waals surface area contributed by atoms with Gasteiger partial charge in [-0.2, -0.15) is 5.10 Å². The molecule has 5 N–H and O–H groups in total. The molecule has 0 bridgehead atoms. The molecule has 1 unspecified atom stereocenters. The van der Waals surface area contributed by atoms with Crippen LogP contribution in [-0.4, -0.2) is 5.84 Å². The predicted octanol–water partition coefficient (Wildman–Crippen LogP) is 5.40. The molecule has 5 nitrogen and oxygen atoms in total. The number of hydrogen-bond donors (Lipinski definition) is 3. The van der Waals surface area contributed by atoms with Crippen molar-refractivity contribution in [1.82, 2.24) is 5.43 Å². The van der Waals surface area contributed by atoms with Gasteiger partial charge in [0.1, 0.15) is 18.2 Å². The van der Waals surface area contributed by atoms with Crippen molar-refractivity contribution >= 4 is 5.84 Å². The number of nitrogens with zero attached hydrogens (tertiary/aromatic N) is 1. The van der Waals surface area contributed by atoms with Gasteiger partial charge >= 0.3 is 0 Å². The average Bonchev–Trinajstić information content (AvgIpc) is 3.53. The van der Waals surface area contributed by atoms with Crippen molar-refractivity contribution < 1.29 is 4.74 Å². The topological polar surface area (TPSA) is 85.7 Å². The fourth-order valence-corrected chi connectivity index (χ4v) is 5.86. The molecular weight excluding hydrogens is 420 g/mol. The lowest BCUT2D eigenvalue weighted by Gasteiger charge is -2.20. The van der Waals surface area contributed by atoms with Crippen LogP contribution in [0.2, 0.25) is 0 Å². The Kier molecular flexibility index (Phi) is 5.82. The van der Waals surface area contributed by atoms with Crippen LogP contribution in [0.4, 0.5) is 0 Å². The van der Waals surface area contributed by atoms with Gasteiger partial charge in [-0.25, -0.2) is 5.84 Å². The maximum absolute atomic E-state index is 6.32. The molecule has 0 saturated heterocycles. The lowest BCUT2D eigenvalue weighted by atomic mass is 9.86. The Balaban J connectivity index is 1.36. The van der Waals surface area contributed by atoms with Crippen LogP contribution in [0.15, 0.2) is 59.7 Å². The molecule has 3 aromatic rings. The fourth-order valence-electron chi connectivity index (χ4n) is 5.86. The minimum atomic E-state index is 0.337. The second kappa shape index (κ2) is 8.80. The largest absolute Gasteiger partial charge is 0.489 e. The first-order chi connectivity index (χ1) is 16.5. The first-order valence-corrected chi connectivity index (χ1v) is 12.1. The lowest BCUT2D eigenvalue weighted by Crippen LogP contribution is -2.33. The van der Waals surface area contributed by atoms with E-state index in [4.69, 9.17) is 16.4 Å². The summed E-state index contributed by atoms with van der Waals surface area (Å²) in [5.74, 6) is 13.1. The SMILES string of the molecule is Cc1cccc(C)c1-c1cccc(COc2ccc3c(c2)CC2(CC2)C3C/C(=N/N)NN)c1C. The normalized spacial score (nSPS) is 18.1. The minimum absolute atomic E-state index is 0.337. The number of hydrazine groups is 1. The van der Waals surface area contributed by atoms with Crippen LogP contribution in [0.3, 0.4) is 0 Å². The minimum Gasteiger partial charge on any atom is -0.489 e. The van der Waals surface area contributed by atoms with Gasteiger partial charge in [-0.1, -0.05) is 42.5 Å². The number of hydrogen-bond acceptors (Lipinski definition) is 4. The van der Waals surface area contributed by atoms with Crippen LogP contribution >= 0.6 is 0 Å². The zero-order valence-electron chi connectivity index (χ0n) is 20.3. The fraction of sp³-hybridized carbons (Fsp3) is 0.345. The zero-order chi connectivity index (χ0) is 23.9. The van der Waals surface area contributed by atoms with Crippen molar-refractivity contribution in [2.45, 2.75) is 59.0 Å². The highest BCUT2D eigenvalue weighted by Crippen LogP contribution is 2.64. The lowest BCUT2D eigenvalue weighted by molar-refractivity contribution is 0.305. The summed E-state index contributed by atoms with van der Waals surface area (Å²) >= 11 is 0. The summed E-state index contributed by atoms with van der Waals surface area (Å²) in [6.45, 7) is 7.12. The van der Waals surface area contributed by atoms with Crippen molar-refractivity contribution in [3.8, 4) is 16.9 Å². The number of amidine groups is 1. The van der Waals surface area contributed by atoms with Gasteiger partial charge < -0.3 is 16.0 Å². The number of hydrazone groups is 1. The van der Waals surface area contributed by atoms with Crippen molar-refractivity contribution in [1.29, 1.82) is 0 Å². The first kappa shape index (κ1) is 22.5. The first-order valence-electron chi connectivity index (χ1n) is 12.1. The van der Waals surface area contributed by atoms with E-state index in [2.05, 4.69) is 85.9 Å². The Morgan fingerprint density at radius 1 is 1.06 bits per heavy atom. The molecule has 0 aromatic heterocycles. The highest BCUT2D eigenvalue weighted by molar-refractivity contribution is 5.82. The third-order valence-corrected chi connectivity index (χ3v) is 7.97. The second-order valence-electron chi connectivity index (χ2n) is 10.0. The molecule has 1 spiro atoms. The predicted molar refractivity (Wildman–Crippen MR) is 139 cm³/mol. The number of fused-ring (bicyclic) bond motifs is 1. The molecule has 0 amide bonds. The van der Waals surface area contributed by atoms with E-state index in [1.165, 1.54) is 57.3 Å². The number of aryl methyl sites for hydroxylation is 2. The zero-order valence-corrected chi connectivity index (χ0v) is 20.3. The van der Waals surface area contributed by atoms with Gasteiger partial charge in [-0.3, -0.25) is 0 Å². The molecular formula is C29H34N4O. The molecule has 176 valence electrons. The summed E-state index contributed by atoms with van der Waals surface area (Å²) in [7, 11) is 0. The molecule has 5 rings (SSSR count). The molecule has 3 aromatic carbocycles. The smallest absolute Gasteiger partial charge is 0.136 e. The summed E-state index contributed by atoms with van der Waals surface area (Å²) in [4.78, 5) is 0. The molecule has 34 heavy (non-hydrogen) atoms. The maximum Gasteiger partial charge on any atom is 0.136 e. The Labute approximate surface area is 202 Å². The molecule has 1 saturated carbocycles. The summed E-state index contributed by atoms with van der Waals surface area (Å²) in [5.41, 5.74) is 13.5. The summed E-state index contributed by atoms with van der Waals surface area (Å²) in [6, 6.07) is 19.6. The van der Waals surface area contributed by atoms with E-state index in [9.17, 15) is 0 Å². The third kappa shape index (κ3) is 3.94. The molecule has 2 aliphatic rings. The molecule has 1 atom stereocenters. The Bertz CT molecular complexity index is 1240. The summed E-state index contributed by atoms with van der Waals surface area (Å²) in [5, 5.41) is 3.82. The van der Waals surface area contributed by atoms with Gasteiger partial charge in [0.05, 0.1) is 0 Å². The molecule has 5 heteroatoms. The number of rotatable bonds is 6. The van der Waals surface area contributed by atoms with E-state index in [0.717, 1.165) is 18.6 Å². The van der Waals surface area contributed by atoms with Gasteiger partial charge in [-0.15, -0.1) is 0 Å². The molecule has 0 aliphatic heterocycles.